The second-order valence-corrected chi connectivity index (χ2v) is 3.23. The van der Waals surface area contributed by atoms with Crippen LogP contribution in [-0.2, 0) is 0 Å². The van der Waals surface area contributed by atoms with E-state index in [9.17, 15) is 0 Å². The van der Waals surface area contributed by atoms with Crippen molar-refractivity contribution >= 4 is 11.8 Å². The second-order valence-electron chi connectivity index (χ2n) is 3.23. The molecule has 0 heterocycles. The van der Waals surface area contributed by atoms with Crippen molar-refractivity contribution in [1.29, 1.82) is 5.53 Å². The van der Waals surface area contributed by atoms with E-state index >= 15 is 0 Å². The second kappa shape index (κ2) is 5.17. The van der Waals surface area contributed by atoms with Gasteiger partial charge >= 0.3 is 0 Å². The highest BCUT2D eigenvalue weighted by Crippen LogP contribution is 2.12. The minimum absolute atomic E-state index is 0.454. The fourth-order valence-corrected chi connectivity index (χ4v) is 1.13. The molecule has 1 N–H and O–H groups in total. The number of rotatable bonds is 4. The van der Waals surface area contributed by atoms with Crippen molar-refractivity contribution in [3.05, 3.63) is 35.9 Å². The Labute approximate surface area is 84.6 Å². The number of hydrogen-bond acceptors (Lipinski definition) is 3. The Bertz CT molecular complexity index is 312. The Morgan fingerprint density at radius 1 is 1.29 bits per heavy atom. The first-order chi connectivity index (χ1) is 6.74. The molecule has 0 saturated carbocycles. The highest BCUT2D eigenvalue weighted by molar-refractivity contribution is 5.55. The maximum absolute atomic E-state index is 6.63. The van der Waals surface area contributed by atoms with Gasteiger partial charge in [0.2, 0.25) is 0 Å². The number of nitrogens with zero attached hydrogens (tertiary/aromatic N) is 2. The quantitative estimate of drug-likeness (QED) is 0.727. The van der Waals surface area contributed by atoms with E-state index in [2.05, 4.69) is 34.3 Å². The summed E-state index contributed by atoms with van der Waals surface area (Å²) in [5, 5.41) is 3.25. The van der Waals surface area contributed by atoms with Gasteiger partial charge in [0.1, 0.15) is 0 Å². The van der Waals surface area contributed by atoms with Gasteiger partial charge in [0.25, 0.3) is 0 Å². The van der Waals surface area contributed by atoms with Crippen LogP contribution in [0.1, 0.15) is 5.56 Å². The van der Waals surface area contributed by atoms with E-state index in [1.165, 1.54) is 5.69 Å². The zero-order chi connectivity index (χ0) is 10.4. The van der Waals surface area contributed by atoms with Crippen LogP contribution >= 0.6 is 0 Å². The molecule has 0 aromatic heterocycles. The van der Waals surface area contributed by atoms with Gasteiger partial charge < -0.3 is 4.90 Å². The largest absolute Gasteiger partial charge is 0.378 e. The van der Waals surface area contributed by atoms with Crippen molar-refractivity contribution in [3.63, 3.8) is 0 Å². The van der Waals surface area contributed by atoms with Crippen LogP contribution in [0.15, 0.2) is 35.5 Å². The third-order valence-corrected chi connectivity index (χ3v) is 1.92. The zero-order valence-electron chi connectivity index (χ0n) is 8.57. The lowest BCUT2D eigenvalue weighted by molar-refractivity contribution is 1.01. The standard InChI is InChI=1S/C11H15N3/c1-14(2)11-7-5-10(6-8-11)4-3-9-13-12/h3-8,12H,9H2,1-2H3. The molecule has 3 heteroatoms. The molecule has 0 amide bonds. The SMILES string of the molecule is CN(C)c1ccc(C=CCN=N)cc1. The summed E-state index contributed by atoms with van der Waals surface area (Å²) in [6.07, 6.45) is 3.84. The molecule has 0 aliphatic rings. The summed E-state index contributed by atoms with van der Waals surface area (Å²) in [4.78, 5) is 2.06. The lowest BCUT2D eigenvalue weighted by Gasteiger charge is -2.11. The molecule has 0 spiro atoms. The van der Waals surface area contributed by atoms with E-state index in [1.807, 2.05) is 26.2 Å². The van der Waals surface area contributed by atoms with Gasteiger partial charge in [-0.25, -0.2) is 5.53 Å². The lowest BCUT2D eigenvalue weighted by atomic mass is 10.2. The van der Waals surface area contributed by atoms with Crippen LogP contribution in [0.2, 0.25) is 0 Å². The topological polar surface area (TPSA) is 39.5 Å². The maximum atomic E-state index is 6.63. The van der Waals surface area contributed by atoms with E-state index in [0.717, 1.165) is 5.56 Å². The van der Waals surface area contributed by atoms with Crippen molar-refractivity contribution in [2.45, 2.75) is 0 Å². The molecular weight excluding hydrogens is 174 g/mol. The molecule has 0 radical (unpaired) electrons. The molecule has 1 rings (SSSR count). The summed E-state index contributed by atoms with van der Waals surface area (Å²) in [5.74, 6) is 0. The van der Waals surface area contributed by atoms with Crippen LogP contribution in [0, 0.1) is 5.53 Å². The number of benzene rings is 1. The third-order valence-electron chi connectivity index (χ3n) is 1.92. The smallest absolute Gasteiger partial charge is 0.0780 e. The van der Waals surface area contributed by atoms with E-state index < -0.39 is 0 Å². The van der Waals surface area contributed by atoms with Crippen molar-refractivity contribution in [2.75, 3.05) is 25.5 Å². The van der Waals surface area contributed by atoms with Crippen LogP contribution in [0.5, 0.6) is 0 Å². The van der Waals surface area contributed by atoms with Gasteiger partial charge in [-0.15, -0.1) is 0 Å². The molecule has 0 aliphatic carbocycles. The van der Waals surface area contributed by atoms with Gasteiger partial charge in [0.05, 0.1) is 6.54 Å². The van der Waals surface area contributed by atoms with Gasteiger partial charge in [-0.05, 0) is 17.7 Å². The van der Waals surface area contributed by atoms with Gasteiger partial charge in [-0.1, -0.05) is 24.3 Å². The highest BCUT2D eigenvalue weighted by atomic mass is 15.1. The van der Waals surface area contributed by atoms with E-state index in [-0.39, 0.29) is 0 Å². The Hall–Kier alpha value is -1.64. The Morgan fingerprint density at radius 2 is 1.93 bits per heavy atom. The van der Waals surface area contributed by atoms with E-state index in [1.54, 1.807) is 0 Å². The molecule has 0 saturated heterocycles. The van der Waals surface area contributed by atoms with Crippen molar-refractivity contribution in [3.8, 4) is 0 Å². The first-order valence-electron chi connectivity index (χ1n) is 4.51. The number of nitrogens with one attached hydrogen (secondary N) is 1. The zero-order valence-corrected chi connectivity index (χ0v) is 8.57. The Morgan fingerprint density at radius 3 is 2.43 bits per heavy atom. The van der Waals surface area contributed by atoms with Crippen LogP contribution in [0.3, 0.4) is 0 Å². The maximum Gasteiger partial charge on any atom is 0.0780 e. The van der Waals surface area contributed by atoms with Crippen LogP contribution in [0.25, 0.3) is 6.08 Å². The Balaban J connectivity index is 2.68. The Kier molecular flexibility index (Phi) is 3.85. The molecule has 0 fully saturated rings. The minimum Gasteiger partial charge on any atom is -0.378 e. The molecule has 0 bridgehead atoms. The molecule has 74 valence electrons. The third kappa shape index (κ3) is 3.01. The van der Waals surface area contributed by atoms with Gasteiger partial charge in [0, 0.05) is 19.8 Å². The molecule has 1 aromatic rings. The van der Waals surface area contributed by atoms with Gasteiger partial charge in [-0.2, -0.15) is 5.11 Å². The van der Waals surface area contributed by atoms with Crippen LogP contribution < -0.4 is 4.90 Å². The summed E-state index contributed by atoms with van der Waals surface area (Å²) in [6, 6.07) is 8.24. The predicted molar refractivity (Wildman–Crippen MR) is 59.8 cm³/mol. The lowest BCUT2D eigenvalue weighted by Crippen LogP contribution is -2.07. The summed E-state index contributed by atoms with van der Waals surface area (Å²) in [7, 11) is 4.04. The first kappa shape index (κ1) is 10.4. The van der Waals surface area contributed by atoms with Crippen LogP contribution in [-0.4, -0.2) is 20.6 Å². The molecular formula is C11H15N3. The minimum atomic E-state index is 0.454. The number of anilines is 1. The highest BCUT2D eigenvalue weighted by Gasteiger charge is 1.92. The fraction of sp³-hybridized carbons (Fsp3) is 0.273. The molecule has 14 heavy (non-hydrogen) atoms. The summed E-state index contributed by atoms with van der Waals surface area (Å²) in [6.45, 7) is 0.454. The molecule has 0 unspecified atom stereocenters. The van der Waals surface area contributed by atoms with Gasteiger partial charge in [-0.3, -0.25) is 0 Å². The molecule has 1 aromatic carbocycles. The molecule has 0 atom stereocenters. The summed E-state index contributed by atoms with van der Waals surface area (Å²) >= 11 is 0. The van der Waals surface area contributed by atoms with E-state index in [0.29, 0.717) is 6.54 Å². The average Bonchev–Trinajstić information content (AvgIpc) is 2.19. The summed E-state index contributed by atoms with van der Waals surface area (Å²) < 4.78 is 0. The van der Waals surface area contributed by atoms with E-state index in [4.69, 9.17) is 5.53 Å². The first-order valence-corrected chi connectivity index (χ1v) is 4.51. The monoisotopic (exact) mass is 189 g/mol. The summed E-state index contributed by atoms with van der Waals surface area (Å²) in [5.41, 5.74) is 8.95. The number of hydrogen-bond donors (Lipinski definition) is 1. The predicted octanol–water partition coefficient (Wildman–Crippen LogP) is 2.80. The van der Waals surface area contributed by atoms with Gasteiger partial charge in [0.15, 0.2) is 0 Å². The fourth-order valence-electron chi connectivity index (χ4n) is 1.13. The molecule has 0 aliphatic heterocycles. The average molecular weight is 189 g/mol. The van der Waals surface area contributed by atoms with Crippen molar-refractivity contribution in [1.82, 2.24) is 0 Å². The van der Waals surface area contributed by atoms with Crippen molar-refractivity contribution in [2.24, 2.45) is 5.11 Å². The van der Waals surface area contributed by atoms with Crippen LogP contribution in [0.4, 0.5) is 5.69 Å². The van der Waals surface area contributed by atoms with Crippen molar-refractivity contribution < 1.29 is 0 Å². The molecule has 3 nitrogen and oxygen atoms in total. The normalized spacial score (nSPS) is 10.4.